The van der Waals surface area contributed by atoms with Crippen molar-refractivity contribution in [2.75, 3.05) is 5.32 Å². The van der Waals surface area contributed by atoms with Crippen molar-refractivity contribution in [3.05, 3.63) is 60.2 Å². The van der Waals surface area contributed by atoms with Crippen molar-refractivity contribution >= 4 is 17.7 Å². The number of cyclic esters (lactones) is 1. The van der Waals surface area contributed by atoms with E-state index in [0.29, 0.717) is 5.69 Å². The first-order valence-corrected chi connectivity index (χ1v) is 8.12. The molecular weight excluding hydrogens is 320 g/mol. The predicted octanol–water partition coefficient (Wildman–Crippen LogP) is 3.26. The summed E-state index contributed by atoms with van der Waals surface area (Å²) in [7, 11) is 0. The molecule has 2 aromatic rings. The lowest BCUT2D eigenvalue weighted by Crippen LogP contribution is -2.40. The maximum Gasteiger partial charge on any atom is 0.408 e. The first-order valence-electron chi connectivity index (χ1n) is 8.12. The Hall–Kier alpha value is -3.02. The van der Waals surface area contributed by atoms with Crippen molar-refractivity contribution in [2.24, 2.45) is 0 Å². The van der Waals surface area contributed by atoms with Crippen LogP contribution in [-0.4, -0.2) is 24.1 Å². The van der Waals surface area contributed by atoms with E-state index in [1.54, 1.807) is 24.3 Å². The number of alkyl carbamates (subject to hydrolysis) is 1. The summed E-state index contributed by atoms with van der Waals surface area (Å²) in [6, 6.07) is 15.5. The molecule has 2 amide bonds. The fourth-order valence-corrected chi connectivity index (χ4v) is 2.64. The molecule has 0 bridgehead atoms. The van der Waals surface area contributed by atoms with Gasteiger partial charge in [-0.1, -0.05) is 30.3 Å². The molecule has 1 aliphatic heterocycles. The summed E-state index contributed by atoms with van der Waals surface area (Å²) in [5.74, 6) is 0.393. The van der Waals surface area contributed by atoms with Crippen molar-refractivity contribution in [3.63, 3.8) is 0 Å². The molecule has 2 aromatic carbocycles. The second-order valence-corrected chi connectivity index (χ2v) is 6.04. The summed E-state index contributed by atoms with van der Waals surface area (Å²) in [6.45, 7) is 3.89. The Balaban J connectivity index is 1.70. The Labute approximate surface area is 146 Å². The monoisotopic (exact) mass is 340 g/mol. The lowest BCUT2D eigenvalue weighted by atomic mass is 10.0. The van der Waals surface area contributed by atoms with Gasteiger partial charge in [-0.25, -0.2) is 4.79 Å². The highest BCUT2D eigenvalue weighted by Gasteiger charge is 2.40. The van der Waals surface area contributed by atoms with Crippen molar-refractivity contribution < 1.29 is 19.1 Å². The van der Waals surface area contributed by atoms with Crippen molar-refractivity contribution in [3.8, 4) is 5.75 Å². The Kier molecular flexibility index (Phi) is 4.88. The number of ether oxygens (including phenoxy) is 2. The lowest BCUT2D eigenvalue weighted by Gasteiger charge is -2.17. The molecule has 1 saturated heterocycles. The van der Waals surface area contributed by atoms with Crippen LogP contribution in [0.25, 0.3) is 0 Å². The van der Waals surface area contributed by atoms with Crippen molar-refractivity contribution in [1.82, 2.24) is 5.32 Å². The van der Waals surface area contributed by atoms with Crippen LogP contribution in [-0.2, 0) is 9.53 Å². The van der Waals surface area contributed by atoms with Gasteiger partial charge in [-0.2, -0.15) is 0 Å². The zero-order valence-electron chi connectivity index (χ0n) is 14.1. The van der Waals surface area contributed by atoms with Gasteiger partial charge in [-0.15, -0.1) is 0 Å². The van der Waals surface area contributed by atoms with Crippen LogP contribution in [0, 0.1) is 0 Å². The van der Waals surface area contributed by atoms with Crippen LogP contribution in [0.4, 0.5) is 10.5 Å². The van der Waals surface area contributed by atoms with E-state index in [1.807, 2.05) is 44.2 Å². The Morgan fingerprint density at radius 1 is 1.12 bits per heavy atom. The van der Waals surface area contributed by atoms with Crippen LogP contribution in [0.15, 0.2) is 54.6 Å². The third-order valence-electron chi connectivity index (χ3n) is 3.71. The van der Waals surface area contributed by atoms with Gasteiger partial charge in [0, 0.05) is 5.69 Å². The average Bonchev–Trinajstić information content (AvgIpc) is 2.99. The lowest BCUT2D eigenvalue weighted by molar-refractivity contribution is -0.119. The topological polar surface area (TPSA) is 76.7 Å². The highest BCUT2D eigenvalue weighted by molar-refractivity contribution is 5.98. The van der Waals surface area contributed by atoms with Gasteiger partial charge in [0.2, 0.25) is 0 Å². The molecule has 1 aliphatic rings. The summed E-state index contributed by atoms with van der Waals surface area (Å²) in [6.07, 6.45) is -1.18. The Bertz CT molecular complexity index is 744. The molecule has 3 rings (SSSR count). The summed E-state index contributed by atoms with van der Waals surface area (Å²) in [5, 5.41) is 5.36. The standard InChI is InChI=1S/C19H20N2O4/c1-12(2)24-15-10-8-14(9-11-15)20-18(22)16-17(25-19(23)21-16)13-6-4-3-5-7-13/h3-12,16-17H,1-2H3,(H,20,22)(H,21,23). The molecule has 25 heavy (non-hydrogen) atoms. The van der Waals surface area contributed by atoms with Gasteiger partial charge in [0.1, 0.15) is 5.75 Å². The fourth-order valence-electron chi connectivity index (χ4n) is 2.64. The minimum atomic E-state index is -0.790. The van der Waals surface area contributed by atoms with Crippen LogP contribution < -0.4 is 15.4 Å². The number of rotatable bonds is 5. The zero-order valence-corrected chi connectivity index (χ0v) is 14.1. The van der Waals surface area contributed by atoms with Crippen LogP contribution >= 0.6 is 0 Å². The summed E-state index contributed by atoms with van der Waals surface area (Å²) in [5.41, 5.74) is 1.38. The van der Waals surface area contributed by atoms with E-state index in [2.05, 4.69) is 10.6 Å². The zero-order chi connectivity index (χ0) is 17.8. The molecular formula is C19H20N2O4. The van der Waals surface area contributed by atoms with E-state index in [-0.39, 0.29) is 12.0 Å². The van der Waals surface area contributed by atoms with Gasteiger partial charge in [0.15, 0.2) is 12.1 Å². The predicted molar refractivity (Wildman–Crippen MR) is 93.4 cm³/mol. The SMILES string of the molecule is CC(C)Oc1ccc(NC(=O)C2NC(=O)OC2c2ccccc2)cc1. The normalized spacial score (nSPS) is 19.2. The first kappa shape index (κ1) is 16.8. The van der Waals surface area contributed by atoms with Gasteiger partial charge in [-0.3, -0.25) is 4.79 Å². The van der Waals surface area contributed by atoms with E-state index in [4.69, 9.17) is 9.47 Å². The second-order valence-electron chi connectivity index (χ2n) is 6.04. The van der Waals surface area contributed by atoms with E-state index in [1.165, 1.54) is 0 Å². The average molecular weight is 340 g/mol. The van der Waals surface area contributed by atoms with E-state index in [9.17, 15) is 9.59 Å². The number of hydrogen-bond donors (Lipinski definition) is 2. The third kappa shape index (κ3) is 4.09. The fraction of sp³-hybridized carbons (Fsp3) is 0.263. The van der Waals surface area contributed by atoms with Gasteiger partial charge in [-0.05, 0) is 43.7 Å². The quantitative estimate of drug-likeness (QED) is 0.876. The van der Waals surface area contributed by atoms with E-state index < -0.39 is 18.2 Å². The number of carbonyl (C=O) groups excluding carboxylic acids is 2. The molecule has 6 nitrogen and oxygen atoms in total. The molecule has 2 unspecified atom stereocenters. The number of benzene rings is 2. The van der Waals surface area contributed by atoms with Gasteiger partial charge in [0.05, 0.1) is 6.10 Å². The highest BCUT2D eigenvalue weighted by Crippen LogP contribution is 2.27. The molecule has 0 radical (unpaired) electrons. The molecule has 1 fully saturated rings. The molecule has 2 N–H and O–H groups in total. The van der Waals surface area contributed by atoms with Gasteiger partial charge >= 0.3 is 6.09 Å². The number of nitrogens with one attached hydrogen (secondary N) is 2. The number of carbonyl (C=O) groups is 2. The molecule has 0 aliphatic carbocycles. The minimum Gasteiger partial charge on any atom is -0.491 e. The molecule has 1 heterocycles. The largest absolute Gasteiger partial charge is 0.491 e. The van der Waals surface area contributed by atoms with Crippen molar-refractivity contribution in [2.45, 2.75) is 32.1 Å². The number of hydrogen-bond acceptors (Lipinski definition) is 4. The molecule has 6 heteroatoms. The maximum absolute atomic E-state index is 12.6. The summed E-state index contributed by atoms with van der Waals surface area (Å²) < 4.78 is 10.8. The van der Waals surface area contributed by atoms with Crippen LogP contribution in [0.3, 0.4) is 0 Å². The summed E-state index contributed by atoms with van der Waals surface area (Å²) >= 11 is 0. The van der Waals surface area contributed by atoms with Gasteiger partial charge < -0.3 is 20.1 Å². The molecule has 2 atom stereocenters. The number of amides is 2. The minimum absolute atomic E-state index is 0.0814. The Morgan fingerprint density at radius 2 is 1.80 bits per heavy atom. The first-order chi connectivity index (χ1) is 12.0. The molecule has 0 aromatic heterocycles. The molecule has 0 spiro atoms. The maximum atomic E-state index is 12.6. The van der Waals surface area contributed by atoms with Gasteiger partial charge in [0.25, 0.3) is 5.91 Å². The number of anilines is 1. The molecule has 130 valence electrons. The van der Waals surface area contributed by atoms with Crippen LogP contribution in [0.1, 0.15) is 25.5 Å². The van der Waals surface area contributed by atoms with E-state index in [0.717, 1.165) is 11.3 Å². The third-order valence-corrected chi connectivity index (χ3v) is 3.71. The van der Waals surface area contributed by atoms with Crippen molar-refractivity contribution in [1.29, 1.82) is 0 Å². The Morgan fingerprint density at radius 3 is 2.44 bits per heavy atom. The summed E-state index contributed by atoms with van der Waals surface area (Å²) in [4.78, 5) is 24.2. The van der Waals surface area contributed by atoms with Crippen LogP contribution in [0.2, 0.25) is 0 Å². The van der Waals surface area contributed by atoms with E-state index >= 15 is 0 Å². The second kappa shape index (κ2) is 7.25. The highest BCUT2D eigenvalue weighted by atomic mass is 16.6. The smallest absolute Gasteiger partial charge is 0.408 e. The molecule has 0 saturated carbocycles. The van der Waals surface area contributed by atoms with Crippen LogP contribution in [0.5, 0.6) is 5.75 Å².